The molecular formula is C14H23N7O. The van der Waals surface area contributed by atoms with Crippen LogP contribution in [0.15, 0.2) is 0 Å². The Bertz CT molecular complexity index is 711. The zero-order valence-electron chi connectivity index (χ0n) is 13.2. The third-order valence-corrected chi connectivity index (χ3v) is 5.77. The highest BCUT2D eigenvalue weighted by atomic mass is 16.3. The summed E-state index contributed by atoms with van der Waals surface area (Å²) in [5, 5.41) is 18.0. The number of aliphatic hydroxyl groups excluding tert-OH is 1. The van der Waals surface area contributed by atoms with E-state index in [-0.39, 0.29) is 29.2 Å². The van der Waals surface area contributed by atoms with E-state index < -0.39 is 0 Å². The van der Waals surface area contributed by atoms with Gasteiger partial charge in [-0.3, -0.25) is 0 Å². The van der Waals surface area contributed by atoms with E-state index in [2.05, 4.69) is 41.1 Å². The lowest BCUT2D eigenvalue weighted by molar-refractivity contribution is 0.0209. The molecule has 5 N–H and O–H groups in total. The van der Waals surface area contributed by atoms with Crippen LogP contribution in [0.4, 0.5) is 11.8 Å². The molecule has 0 radical (unpaired) electrons. The molecule has 1 aliphatic rings. The molecule has 0 spiro atoms. The van der Waals surface area contributed by atoms with Crippen LogP contribution in [0, 0.1) is 16.7 Å². The average molecular weight is 305 g/mol. The molecule has 1 aliphatic carbocycles. The quantitative estimate of drug-likeness (QED) is 0.765. The summed E-state index contributed by atoms with van der Waals surface area (Å²) in [5.74, 6) is 0.742. The van der Waals surface area contributed by atoms with E-state index in [1.807, 2.05) is 0 Å². The number of anilines is 2. The second kappa shape index (κ2) is 4.77. The zero-order valence-corrected chi connectivity index (χ0v) is 13.2. The Kier molecular flexibility index (Phi) is 3.24. The molecule has 2 atom stereocenters. The maximum absolute atomic E-state index is 9.76. The van der Waals surface area contributed by atoms with Gasteiger partial charge in [0.1, 0.15) is 0 Å². The molecule has 8 heteroatoms. The van der Waals surface area contributed by atoms with E-state index in [0.717, 1.165) is 12.8 Å². The lowest BCUT2D eigenvalue weighted by Crippen LogP contribution is -2.38. The minimum Gasteiger partial charge on any atom is -0.396 e. The van der Waals surface area contributed by atoms with Gasteiger partial charge in [-0.05, 0) is 29.6 Å². The fraction of sp³-hybridized carbons (Fsp3) is 0.714. The molecule has 2 unspecified atom stereocenters. The summed E-state index contributed by atoms with van der Waals surface area (Å²) in [6.45, 7) is 7.42. The summed E-state index contributed by atoms with van der Waals surface area (Å²) < 4.78 is 1.75. The molecule has 2 heterocycles. The van der Waals surface area contributed by atoms with Gasteiger partial charge in [0.25, 0.3) is 0 Å². The van der Waals surface area contributed by atoms with Crippen molar-refractivity contribution in [2.45, 2.75) is 40.2 Å². The van der Waals surface area contributed by atoms with Gasteiger partial charge in [-0.25, -0.2) is 4.68 Å². The Balaban J connectivity index is 1.95. The average Bonchev–Trinajstić information content (AvgIpc) is 2.94. The molecule has 8 nitrogen and oxygen atoms in total. The highest BCUT2D eigenvalue weighted by Gasteiger charge is 2.51. The Hall–Kier alpha value is -1.96. The normalized spacial score (nSPS) is 27.5. The molecule has 120 valence electrons. The van der Waals surface area contributed by atoms with E-state index in [9.17, 15) is 5.11 Å². The van der Waals surface area contributed by atoms with Gasteiger partial charge in [-0.15, -0.1) is 5.10 Å². The lowest BCUT2D eigenvalue weighted by atomic mass is 9.66. The number of nitrogens with zero attached hydrogens (tertiary/aromatic N) is 5. The Morgan fingerprint density at radius 3 is 2.64 bits per heavy atom. The van der Waals surface area contributed by atoms with Crippen LogP contribution in [0.1, 0.15) is 33.6 Å². The number of nitrogen functional groups attached to an aromatic ring is 2. The molecule has 1 saturated carbocycles. The maximum Gasteiger partial charge on any atom is 0.224 e. The zero-order chi connectivity index (χ0) is 16.1. The summed E-state index contributed by atoms with van der Waals surface area (Å²) in [7, 11) is 0. The minimum absolute atomic E-state index is 0.00978. The predicted octanol–water partition coefficient (Wildman–Crippen LogP) is 0.820. The Labute approximate surface area is 128 Å². The van der Waals surface area contributed by atoms with Crippen molar-refractivity contribution in [3.63, 3.8) is 0 Å². The first-order valence-corrected chi connectivity index (χ1v) is 7.51. The predicted molar refractivity (Wildman–Crippen MR) is 83.6 cm³/mol. The third-order valence-electron chi connectivity index (χ3n) is 5.77. The molecule has 0 aromatic carbocycles. The summed E-state index contributed by atoms with van der Waals surface area (Å²) >= 11 is 0. The third kappa shape index (κ3) is 2.01. The van der Waals surface area contributed by atoms with Crippen molar-refractivity contribution in [1.29, 1.82) is 0 Å². The van der Waals surface area contributed by atoms with Crippen LogP contribution in [0.25, 0.3) is 11.2 Å². The molecular weight excluding hydrogens is 282 g/mol. The Morgan fingerprint density at radius 1 is 1.27 bits per heavy atom. The van der Waals surface area contributed by atoms with Crippen LogP contribution in [-0.2, 0) is 6.54 Å². The van der Waals surface area contributed by atoms with E-state index in [1.54, 1.807) is 4.68 Å². The topological polar surface area (TPSA) is 129 Å². The standard InChI is InChI=1S/C14H23N7O/c1-13(2)8(4-5-14(13,3)7-22)6-21-11-9(19-20-21)10(15)17-12(16)18-11/h8,22H,4-7H2,1-3H3,(H4,15,16,17,18). The van der Waals surface area contributed by atoms with Gasteiger partial charge in [0.15, 0.2) is 17.0 Å². The van der Waals surface area contributed by atoms with Crippen molar-refractivity contribution in [3.05, 3.63) is 0 Å². The molecule has 0 aliphatic heterocycles. The van der Waals surface area contributed by atoms with Crippen molar-refractivity contribution < 1.29 is 5.11 Å². The highest BCUT2D eigenvalue weighted by molar-refractivity contribution is 5.81. The first kappa shape index (κ1) is 15.0. The second-order valence-corrected chi connectivity index (χ2v) is 7.09. The summed E-state index contributed by atoms with van der Waals surface area (Å²) in [6.07, 6.45) is 2.02. The van der Waals surface area contributed by atoms with E-state index in [4.69, 9.17) is 11.5 Å². The molecule has 3 rings (SSSR count). The molecule has 0 amide bonds. The number of hydrogen-bond donors (Lipinski definition) is 3. The first-order chi connectivity index (χ1) is 10.3. The molecule has 2 aromatic rings. The van der Waals surface area contributed by atoms with Gasteiger partial charge in [-0.1, -0.05) is 26.0 Å². The van der Waals surface area contributed by atoms with Gasteiger partial charge in [-0.2, -0.15) is 9.97 Å². The number of rotatable bonds is 3. The summed E-state index contributed by atoms with van der Waals surface area (Å²) in [5.41, 5.74) is 12.4. The van der Waals surface area contributed by atoms with Crippen LogP contribution < -0.4 is 11.5 Å². The Morgan fingerprint density at radius 2 is 2.00 bits per heavy atom. The summed E-state index contributed by atoms with van der Waals surface area (Å²) in [4.78, 5) is 8.13. The number of nitrogens with two attached hydrogens (primary N) is 2. The van der Waals surface area contributed by atoms with E-state index in [1.165, 1.54) is 0 Å². The largest absolute Gasteiger partial charge is 0.396 e. The van der Waals surface area contributed by atoms with Crippen LogP contribution in [0.5, 0.6) is 0 Å². The molecule has 0 saturated heterocycles. The van der Waals surface area contributed by atoms with Crippen LogP contribution >= 0.6 is 0 Å². The number of fused-ring (bicyclic) bond motifs is 1. The van der Waals surface area contributed by atoms with Crippen molar-refractivity contribution in [1.82, 2.24) is 25.0 Å². The van der Waals surface area contributed by atoms with Gasteiger partial charge in [0.05, 0.1) is 0 Å². The van der Waals surface area contributed by atoms with Crippen molar-refractivity contribution in [2.24, 2.45) is 16.7 Å². The van der Waals surface area contributed by atoms with Crippen molar-refractivity contribution in [2.75, 3.05) is 18.1 Å². The highest BCUT2D eigenvalue weighted by Crippen LogP contribution is 2.56. The second-order valence-electron chi connectivity index (χ2n) is 7.09. The first-order valence-electron chi connectivity index (χ1n) is 7.51. The van der Waals surface area contributed by atoms with Gasteiger partial charge in [0.2, 0.25) is 5.95 Å². The van der Waals surface area contributed by atoms with Crippen LogP contribution in [-0.4, -0.2) is 36.7 Å². The van der Waals surface area contributed by atoms with Gasteiger partial charge < -0.3 is 16.6 Å². The lowest BCUT2D eigenvalue weighted by Gasteiger charge is -2.40. The minimum atomic E-state index is -0.0823. The number of aliphatic hydroxyl groups is 1. The van der Waals surface area contributed by atoms with E-state index >= 15 is 0 Å². The van der Waals surface area contributed by atoms with Crippen molar-refractivity contribution in [3.8, 4) is 0 Å². The van der Waals surface area contributed by atoms with Crippen LogP contribution in [0.3, 0.4) is 0 Å². The molecule has 2 aromatic heterocycles. The van der Waals surface area contributed by atoms with Gasteiger partial charge >= 0.3 is 0 Å². The molecule has 1 fully saturated rings. The monoisotopic (exact) mass is 305 g/mol. The maximum atomic E-state index is 9.76. The fourth-order valence-corrected chi connectivity index (χ4v) is 3.50. The number of hydrogen-bond acceptors (Lipinski definition) is 7. The SMILES string of the molecule is CC1(CO)CCC(Cn2nnc3c(N)nc(N)nc32)C1(C)C. The van der Waals surface area contributed by atoms with Gasteiger partial charge in [0, 0.05) is 13.2 Å². The van der Waals surface area contributed by atoms with E-state index in [0.29, 0.717) is 23.6 Å². The number of aromatic nitrogens is 5. The van der Waals surface area contributed by atoms with Crippen molar-refractivity contribution >= 4 is 22.9 Å². The van der Waals surface area contributed by atoms with Crippen LogP contribution in [0.2, 0.25) is 0 Å². The molecule has 22 heavy (non-hydrogen) atoms. The smallest absolute Gasteiger partial charge is 0.224 e. The molecule has 0 bridgehead atoms. The summed E-state index contributed by atoms with van der Waals surface area (Å²) in [6, 6.07) is 0. The fourth-order valence-electron chi connectivity index (χ4n) is 3.50.